The smallest absolute Gasteiger partial charge is 0.137 e. The standard InChI is InChI=1S/C9H17NO/c1-3-8(2)10-6-4-5-9(10)7-11/h7-9H,3-6H2,1-2H3/t8-,9+/m1/s1. The molecule has 2 atom stereocenters. The first-order chi connectivity index (χ1) is 5.29. The van der Waals surface area contributed by atoms with E-state index in [4.69, 9.17) is 0 Å². The second-order valence-corrected chi connectivity index (χ2v) is 3.34. The number of hydrogen-bond acceptors (Lipinski definition) is 2. The fourth-order valence-corrected chi connectivity index (χ4v) is 1.74. The maximum atomic E-state index is 10.6. The van der Waals surface area contributed by atoms with Crippen LogP contribution in [0.5, 0.6) is 0 Å². The molecule has 2 heteroatoms. The number of likely N-dealkylation sites (tertiary alicyclic amines) is 1. The van der Waals surface area contributed by atoms with Gasteiger partial charge in [-0.1, -0.05) is 6.92 Å². The van der Waals surface area contributed by atoms with Gasteiger partial charge in [-0.3, -0.25) is 4.90 Å². The number of aldehydes is 1. The minimum absolute atomic E-state index is 0.213. The van der Waals surface area contributed by atoms with E-state index in [0.717, 1.165) is 25.7 Å². The highest BCUT2D eigenvalue weighted by atomic mass is 16.1. The molecule has 0 aromatic rings. The van der Waals surface area contributed by atoms with E-state index < -0.39 is 0 Å². The molecular formula is C9H17NO. The topological polar surface area (TPSA) is 20.3 Å². The molecule has 0 aromatic heterocycles. The van der Waals surface area contributed by atoms with Crippen molar-refractivity contribution < 1.29 is 4.79 Å². The van der Waals surface area contributed by atoms with Crippen LogP contribution in [0.2, 0.25) is 0 Å². The normalized spacial score (nSPS) is 28.7. The lowest BCUT2D eigenvalue weighted by atomic mass is 10.2. The van der Waals surface area contributed by atoms with Crippen molar-refractivity contribution in [1.82, 2.24) is 4.90 Å². The quantitative estimate of drug-likeness (QED) is 0.575. The van der Waals surface area contributed by atoms with Crippen molar-refractivity contribution in [3.05, 3.63) is 0 Å². The third kappa shape index (κ3) is 1.80. The van der Waals surface area contributed by atoms with E-state index in [0.29, 0.717) is 6.04 Å². The molecule has 64 valence electrons. The molecule has 0 unspecified atom stereocenters. The Balaban J connectivity index is 2.48. The molecule has 1 rings (SSSR count). The summed E-state index contributed by atoms with van der Waals surface area (Å²) in [5.74, 6) is 0. The lowest BCUT2D eigenvalue weighted by molar-refractivity contribution is -0.112. The van der Waals surface area contributed by atoms with Crippen LogP contribution in [0.1, 0.15) is 33.1 Å². The number of hydrogen-bond donors (Lipinski definition) is 0. The second-order valence-electron chi connectivity index (χ2n) is 3.34. The van der Waals surface area contributed by atoms with E-state index in [1.54, 1.807) is 0 Å². The molecule has 0 amide bonds. The Morgan fingerprint density at radius 2 is 2.45 bits per heavy atom. The number of carbonyl (C=O) groups excluding carboxylic acids is 1. The maximum Gasteiger partial charge on any atom is 0.137 e. The fraction of sp³-hybridized carbons (Fsp3) is 0.889. The highest BCUT2D eigenvalue weighted by molar-refractivity contribution is 5.58. The Morgan fingerprint density at radius 3 is 3.00 bits per heavy atom. The van der Waals surface area contributed by atoms with Gasteiger partial charge in [0, 0.05) is 6.04 Å². The zero-order valence-corrected chi connectivity index (χ0v) is 7.42. The summed E-state index contributed by atoms with van der Waals surface area (Å²) in [6, 6.07) is 0.789. The molecule has 1 fully saturated rings. The van der Waals surface area contributed by atoms with Crippen molar-refractivity contribution in [3.63, 3.8) is 0 Å². The largest absolute Gasteiger partial charge is 0.302 e. The molecule has 2 nitrogen and oxygen atoms in total. The average molecular weight is 155 g/mol. The maximum absolute atomic E-state index is 10.6. The lowest BCUT2D eigenvalue weighted by Gasteiger charge is -2.26. The predicted molar refractivity (Wildman–Crippen MR) is 45.5 cm³/mol. The van der Waals surface area contributed by atoms with Gasteiger partial charge in [-0.15, -0.1) is 0 Å². The monoisotopic (exact) mass is 155 g/mol. The molecule has 11 heavy (non-hydrogen) atoms. The molecule has 0 aromatic carbocycles. The van der Waals surface area contributed by atoms with Crippen LogP contribution >= 0.6 is 0 Å². The molecule has 1 saturated heterocycles. The summed E-state index contributed by atoms with van der Waals surface area (Å²) in [6.07, 6.45) is 4.49. The molecule has 1 aliphatic heterocycles. The SMILES string of the molecule is CC[C@@H](C)N1CCC[C@H]1C=O. The fourth-order valence-electron chi connectivity index (χ4n) is 1.74. The van der Waals surface area contributed by atoms with Gasteiger partial charge >= 0.3 is 0 Å². The zero-order valence-electron chi connectivity index (χ0n) is 7.42. The first-order valence-electron chi connectivity index (χ1n) is 4.50. The van der Waals surface area contributed by atoms with Gasteiger partial charge in [0.05, 0.1) is 6.04 Å². The van der Waals surface area contributed by atoms with Crippen LogP contribution in [0.4, 0.5) is 0 Å². The van der Waals surface area contributed by atoms with Crippen LogP contribution in [0.3, 0.4) is 0 Å². The summed E-state index contributed by atoms with van der Waals surface area (Å²) >= 11 is 0. The Kier molecular flexibility index (Phi) is 3.06. The van der Waals surface area contributed by atoms with Crippen molar-refractivity contribution in [2.75, 3.05) is 6.54 Å². The van der Waals surface area contributed by atoms with Gasteiger partial charge in [0.25, 0.3) is 0 Å². The number of carbonyl (C=O) groups is 1. The van der Waals surface area contributed by atoms with Crippen LogP contribution < -0.4 is 0 Å². The molecule has 0 spiro atoms. The van der Waals surface area contributed by atoms with E-state index in [2.05, 4.69) is 18.7 Å². The first-order valence-corrected chi connectivity index (χ1v) is 4.50. The van der Waals surface area contributed by atoms with Crippen LogP contribution in [-0.2, 0) is 4.79 Å². The molecule has 0 bridgehead atoms. The minimum atomic E-state index is 0.213. The summed E-state index contributed by atoms with van der Waals surface area (Å²) in [4.78, 5) is 12.9. The molecular weight excluding hydrogens is 138 g/mol. The molecule has 0 saturated carbocycles. The number of rotatable bonds is 3. The summed E-state index contributed by atoms with van der Waals surface area (Å²) in [5, 5.41) is 0. The first kappa shape index (κ1) is 8.72. The van der Waals surface area contributed by atoms with Crippen LogP contribution in [0, 0.1) is 0 Å². The summed E-state index contributed by atoms with van der Waals surface area (Å²) < 4.78 is 0. The van der Waals surface area contributed by atoms with Gasteiger partial charge in [-0.05, 0) is 32.7 Å². The molecule has 1 aliphatic rings. The van der Waals surface area contributed by atoms with Gasteiger partial charge in [0.1, 0.15) is 6.29 Å². The molecule has 0 aliphatic carbocycles. The summed E-state index contributed by atoms with van der Waals surface area (Å²) in [6.45, 7) is 5.48. The highest BCUT2D eigenvalue weighted by Crippen LogP contribution is 2.19. The lowest BCUT2D eigenvalue weighted by Crippen LogP contribution is -2.37. The molecule has 0 radical (unpaired) electrons. The Bertz CT molecular complexity index is 136. The highest BCUT2D eigenvalue weighted by Gasteiger charge is 2.26. The van der Waals surface area contributed by atoms with Gasteiger partial charge < -0.3 is 4.79 Å². The van der Waals surface area contributed by atoms with E-state index in [1.807, 2.05) is 0 Å². The third-order valence-electron chi connectivity index (χ3n) is 2.66. The van der Waals surface area contributed by atoms with Gasteiger partial charge in [0.15, 0.2) is 0 Å². The second kappa shape index (κ2) is 3.86. The summed E-state index contributed by atoms with van der Waals surface area (Å²) in [7, 11) is 0. The zero-order chi connectivity index (χ0) is 8.27. The van der Waals surface area contributed by atoms with Crippen molar-refractivity contribution in [2.45, 2.75) is 45.2 Å². The Hall–Kier alpha value is -0.370. The average Bonchev–Trinajstić information content (AvgIpc) is 2.50. The summed E-state index contributed by atoms with van der Waals surface area (Å²) in [5.41, 5.74) is 0. The van der Waals surface area contributed by atoms with E-state index >= 15 is 0 Å². The third-order valence-corrected chi connectivity index (χ3v) is 2.66. The van der Waals surface area contributed by atoms with Crippen molar-refractivity contribution >= 4 is 6.29 Å². The van der Waals surface area contributed by atoms with Crippen LogP contribution in [0.25, 0.3) is 0 Å². The van der Waals surface area contributed by atoms with Gasteiger partial charge in [0.2, 0.25) is 0 Å². The Labute approximate surface area is 68.6 Å². The molecule has 0 N–H and O–H groups in total. The van der Waals surface area contributed by atoms with E-state index in [-0.39, 0.29) is 6.04 Å². The Morgan fingerprint density at radius 1 is 1.73 bits per heavy atom. The number of nitrogens with zero attached hydrogens (tertiary/aromatic N) is 1. The van der Waals surface area contributed by atoms with Crippen molar-refractivity contribution in [1.29, 1.82) is 0 Å². The van der Waals surface area contributed by atoms with Crippen molar-refractivity contribution in [3.8, 4) is 0 Å². The molecule has 1 heterocycles. The predicted octanol–water partition coefficient (Wildman–Crippen LogP) is 1.45. The van der Waals surface area contributed by atoms with Gasteiger partial charge in [-0.25, -0.2) is 0 Å². The van der Waals surface area contributed by atoms with Crippen LogP contribution in [-0.4, -0.2) is 29.8 Å². The van der Waals surface area contributed by atoms with Crippen LogP contribution in [0.15, 0.2) is 0 Å². The van der Waals surface area contributed by atoms with Crippen molar-refractivity contribution in [2.24, 2.45) is 0 Å². The van der Waals surface area contributed by atoms with E-state index in [9.17, 15) is 4.79 Å². The minimum Gasteiger partial charge on any atom is -0.302 e. The van der Waals surface area contributed by atoms with Gasteiger partial charge in [-0.2, -0.15) is 0 Å². The van der Waals surface area contributed by atoms with E-state index in [1.165, 1.54) is 6.42 Å².